The topological polar surface area (TPSA) is 64.9 Å². The molecule has 1 aromatic rings. The molecule has 0 unspecified atom stereocenters. The lowest BCUT2D eigenvalue weighted by Crippen LogP contribution is -2.01. The van der Waals surface area contributed by atoms with Gasteiger partial charge in [0.2, 0.25) is 5.89 Å². The Bertz CT molecular complexity index is 367. The second kappa shape index (κ2) is 3.55. The van der Waals surface area contributed by atoms with E-state index >= 15 is 0 Å². The van der Waals surface area contributed by atoms with E-state index < -0.39 is 0 Å². The first-order valence-electron chi connectivity index (χ1n) is 5.94. The van der Waals surface area contributed by atoms with E-state index in [9.17, 15) is 0 Å². The van der Waals surface area contributed by atoms with Gasteiger partial charge in [-0.05, 0) is 23.8 Å². The maximum absolute atomic E-state index is 5.46. The summed E-state index contributed by atoms with van der Waals surface area (Å²) >= 11 is 0. The third kappa shape index (κ3) is 1.56. The average Bonchev–Trinajstić information content (AvgIpc) is 2.56. The van der Waals surface area contributed by atoms with Crippen molar-refractivity contribution in [3.05, 3.63) is 11.7 Å². The Labute approximate surface area is 96.6 Å². The molecule has 0 atom stereocenters. The highest BCUT2D eigenvalue weighted by Crippen LogP contribution is 2.73. The van der Waals surface area contributed by atoms with Gasteiger partial charge in [-0.25, -0.2) is 0 Å². The molecule has 90 valence electrons. The van der Waals surface area contributed by atoms with Crippen LogP contribution in [0.25, 0.3) is 0 Å². The lowest BCUT2D eigenvalue weighted by Gasteiger charge is -2.03. The van der Waals surface area contributed by atoms with Crippen LogP contribution in [0.5, 0.6) is 0 Å². The van der Waals surface area contributed by atoms with Gasteiger partial charge in [0.25, 0.3) is 0 Å². The van der Waals surface area contributed by atoms with Crippen LogP contribution in [0.1, 0.15) is 51.7 Å². The van der Waals surface area contributed by atoms with Crippen molar-refractivity contribution < 1.29 is 4.52 Å². The fourth-order valence-electron chi connectivity index (χ4n) is 2.56. The molecule has 4 heteroatoms. The number of hydrogen-bond acceptors (Lipinski definition) is 4. The minimum atomic E-state index is 0.255. The quantitative estimate of drug-likeness (QED) is 0.849. The Hall–Kier alpha value is -0.900. The predicted octanol–water partition coefficient (Wildman–Crippen LogP) is 2.11. The summed E-state index contributed by atoms with van der Waals surface area (Å²) in [5.41, 5.74) is 5.96. The predicted molar refractivity (Wildman–Crippen MR) is 62.0 cm³/mol. The van der Waals surface area contributed by atoms with Gasteiger partial charge < -0.3 is 10.3 Å². The number of aryl methyl sites for hydroxylation is 1. The molecule has 4 nitrogen and oxygen atoms in total. The molecule has 0 aliphatic heterocycles. The highest BCUT2D eigenvalue weighted by Gasteiger charge is 2.67. The molecular formula is C12H21N3O. The van der Waals surface area contributed by atoms with Crippen molar-refractivity contribution in [2.24, 2.45) is 16.6 Å². The molecule has 0 amide bonds. The largest absolute Gasteiger partial charge is 0.339 e. The molecule has 1 aliphatic carbocycles. The Morgan fingerprint density at radius 1 is 1.25 bits per heavy atom. The summed E-state index contributed by atoms with van der Waals surface area (Å²) in [6.45, 7) is 9.68. The maximum Gasteiger partial charge on any atom is 0.230 e. The van der Waals surface area contributed by atoms with Crippen molar-refractivity contribution in [1.82, 2.24) is 10.1 Å². The molecular weight excluding hydrogens is 202 g/mol. The molecule has 16 heavy (non-hydrogen) atoms. The van der Waals surface area contributed by atoms with Crippen LogP contribution in [0.3, 0.4) is 0 Å². The first kappa shape index (κ1) is 11.6. The second-order valence-corrected chi connectivity index (χ2v) is 5.82. The van der Waals surface area contributed by atoms with Crippen LogP contribution in [0, 0.1) is 10.8 Å². The summed E-state index contributed by atoms with van der Waals surface area (Å²) in [7, 11) is 0. The SMILES string of the molecule is CC1(C)C(c2nc(CCCN)no2)C1(C)C. The van der Waals surface area contributed by atoms with E-state index in [0.717, 1.165) is 24.6 Å². The molecule has 1 aliphatic rings. The molecule has 1 heterocycles. The Morgan fingerprint density at radius 2 is 1.88 bits per heavy atom. The third-order valence-corrected chi connectivity index (χ3v) is 4.36. The first-order valence-corrected chi connectivity index (χ1v) is 5.94. The van der Waals surface area contributed by atoms with Crippen LogP contribution in [0.4, 0.5) is 0 Å². The smallest absolute Gasteiger partial charge is 0.230 e. The minimum absolute atomic E-state index is 0.255. The van der Waals surface area contributed by atoms with E-state index in [1.54, 1.807) is 0 Å². The normalized spacial score (nSPS) is 22.3. The fourth-order valence-corrected chi connectivity index (χ4v) is 2.56. The molecule has 1 saturated carbocycles. The van der Waals surface area contributed by atoms with Gasteiger partial charge in [-0.3, -0.25) is 0 Å². The molecule has 0 bridgehead atoms. The third-order valence-electron chi connectivity index (χ3n) is 4.36. The second-order valence-electron chi connectivity index (χ2n) is 5.82. The fraction of sp³-hybridized carbons (Fsp3) is 0.833. The number of aromatic nitrogens is 2. The monoisotopic (exact) mass is 223 g/mol. The van der Waals surface area contributed by atoms with Crippen molar-refractivity contribution in [2.45, 2.75) is 46.5 Å². The summed E-state index contributed by atoms with van der Waals surface area (Å²) in [5, 5.41) is 4.00. The van der Waals surface area contributed by atoms with Crippen molar-refractivity contribution in [3.63, 3.8) is 0 Å². The van der Waals surface area contributed by atoms with Crippen molar-refractivity contribution in [2.75, 3.05) is 6.54 Å². The molecule has 0 radical (unpaired) electrons. The number of nitrogens with zero attached hydrogens (tertiary/aromatic N) is 2. The van der Waals surface area contributed by atoms with E-state index in [2.05, 4.69) is 37.8 Å². The van der Waals surface area contributed by atoms with Gasteiger partial charge in [-0.15, -0.1) is 0 Å². The number of rotatable bonds is 4. The molecule has 1 aromatic heterocycles. The van der Waals surface area contributed by atoms with E-state index in [1.807, 2.05) is 0 Å². The van der Waals surface area contributed by atoms with Crippen molar-refractivity contribution in [1.29, 1.82) is 0 Å². The molecule has 0 spiro atoms. The van der Waals surface area contributed by atoms with Crippen LogP contribution >= 0.6 is 0 Å². The Morgan fingerprint density at radius 3 is 2.38 bits per heavy atom. The first-order chi connectivity index (χ1) is 7.41. The summed E-state index contributed by atoms with van der Waals surface area (Å²) in [6.07, 6.45) is 1.73. The van der Waals surface area contributed by atoms with Crippen molar-refractivity contribution in [3.8, 4) is 0 Å². The molecule has 1 fully saturated rings. The number of nitrogens with two attached hydrogens (primary N) is 1. The summed E-state index contributed by atoms with van der Waals surface area (Å²) in [4.78, 5) is 4.47. The van der Waals surface area contributed by atoms with Gasteiger partial charge in [0.1, 0.15) is 0 Å². The van der Waals surface area contributed by atoms with Crippen LogP contribution in [-0.2, 0) is 6.42 Å². The van der Waals surface area contributed by atoms with Gasteiger partial charge in [0, 0.05) is 12.3 Å². The lowest BCUT2D eigenvalue weighted by atomic mass is 10.0. The number of hydrogen-bond donors (Lipinski definition) is 1. The van der Waals surface area contributed by atoms with Gasteiger partial charge in [-0.2, -0.15) is 4.98 Å². The highest BCUT2D eigenvalue weighted by atomic mass is 16.5. The summed E-state index contributed by atoms with van der Waals surface area (Å²) < 4.78 is 5.35. The van der Waals surface area contributed by atoms with Gasteiger partial charge in [0.05, 0.1) is 0 Å². The Balaban J connectivity index is 2.10. The van der Waals surface area contributed by atoms with Gasteiger partial charge in [-0.1, -0.05) is 32.9 Å². The zero-order valence-corrected chi connectivity index (χ0v) is 10.6. The van der Waals surface area contributed by atoms with Crippen LogP contribution in [0.2, 0.25) is 0 Å². The maximum atomic E-state index is 5.46. The molecule has 0 aromatic carbocycles. The highest BCUT2D eigenvalue weighted by molar-refractivity contribution is 5.24. The van der Waals surface area contributed by atoms with Crippen molar-refractivity contribution >= 4 is 0 Å². The zero-order chi connectivity index (χ0) is 12.0. The van der Waals surface area contributed by atoms with Crippen LogP contribution in [0.15, 0.2) is 4.52 Å². The van der Waals surface area contributed by atoms with Gasteiger partial charge >= 0.3 is 0 Å². The molecule has 0 saturated heterocycles. The standard InChI is InChI=1S/C12H21N3O/c1-11(2)9(12(11,3)4)10-14-8(15-16-10)6-5-7-13/h9H,5-7,13H2,1-4H3. The summed E-state index contributed by atoms with van der Waals surface area (Å²) in [6, 6.07) is 0. The van der Waals surface area contributed by atoms with E-state index in [4.69, 9.17) is 10.3 Å². The van der Waals surface area contributed by atoms with E-state index in [0.29, 0.717) is 12.5 Å². The van der Waals surface area contributed by atoms with E-state index in [-0.39, 0.29) is 10.8 Å². The summed E-state index contributed by atoms with van der Waals surface area (Å²) in [5.74, 6) is 1.97. The lowest BCUT2D eigenvalue weighted by molar-refractivity contribution is 0.360. The van der Waals surface area contributed by atoms with E-state index in [1.165, 1.54) is 0 Å². The molecule has 2 N–H and O–H groups in total. The van der Waals surface area contributed by atoms with Gasteiger partial charge in [0.15, 0.2) is 5.82 Å². The average molecular weight is 223 g/mol. The minimum Gasteiger partial charge on any atom is -0.339 e. The van der Waals surface area contributed by atoms with Crippen LogP contribution in [-0.4, -0.2) is 16.7 Å². The van der Waals surface area contributed by atoms with Crippen LogP contribution < -0.4 is 5.73 Å². The molecule has 2 rings (SSSR count). The zero-order valence-electron chi connectivity index (χ0n) is 10.6. The Kier molecular flexibility index (Phi) is 2.57.